The van der Waals surface area contributed by atoms with Crippen molar-refractivity contribution >= 4 is 11.6 Å². The Hall–Kier alpha value is -1.65. The molecule has 2 heterocycles. The van der Waals surface area contributed by atoms with Gasteiger partial charge in [0.2, 0.25) is 0 Å². The summed E-state index contributed by atoms with van der Waals surface area (Å²) in [5.41, 5.74) is 0.953. The van der Waals surface area contributed by atoms with Crippen molar-refractivity contribution in [2.24, 2.45) is 5.92 Å². The Kier molecular flexibility index (Phi) is 3.79. The Bertz CT molecular complexity index is 517. The van der Waals surface area contributed by atoms with E-state index < -0.39 is 0 Å². The zero-order valence-corrected chi connectivity index (χ0v) is 11.5. The van der Waals surface area contributed by atoms with E-state index in [1.54, 1.807) is 4.52 Å². The average Bonchev–Trinajstić information content (AvgIpc) is 2.74. The Morgan fingerprint density at radius 3 is 2.78 bits per heavy atom. The van der Waals surface area contributed by atoms with E-state index in [2.05, 4.69) is 41.2 Å². The fourth-order valence-corrected chi connectivity index (χ4v) is 1.94. The van der Waals surface area contributed by atoms with Crippen LogP contribution >= 0.6 is 0 Å². The van der Waals surface area contributed by atoms with E-state index in [4.69, 9.17) is 0 Å². The normalized spacial score (nSPS) is 13.2. The molecule has 0 aliphatic rings. The summed E-state index contributed by atoms with van der Waals surface area (Å²) in [4.78, 5) is 8.45. The lowest BCUT2D eigenvalue weighted by atomic mass is 10.0. The Morgan fingerprint density at radius 1 is 1.28 bits per heavy atom. The molecule has 5 nitrogen and oxygen atoms in total. The van der Waals surface area contributed by atoms with E-state index in [-0.39, 0.29) is 0 Å². The number of rotatable bonds is 5. The van der Waals surface area contributed by atoms with Gasteiger partial charge in [-0.2, -0.15) is 14.6 Å². The van der Waals surface area contributed by atoms with Crippen LogP contribution in [0, 0.1) is 12.8 Å². The van der Waals surface area contributed by atoms with Crippen LogP contribution in [0.2, 0.25) is 0 Å². The van der Waals surface area contributed by atoms with E-state index >= 15 is 0 Å². The standard InChI is InChI=1S/C13H21N5/c1-9(2)5-6-10(3)16-12-7-11(4)17-13-14-8-15-18(12)13/h7-10,16H,5-6H2,1-4H3. The minimum absolute atomic E-state index is 0.418. The lowest BCUT2D eigenvalue weighted by Gasteiger charge is -2.17. The number of hydrogen-bond acceptors (Lipinski definition) is 4. The molecule has 0 aliphatic carbocycles. The zero-order valence-electron chi connectivity index (χ0n) is 11.5. The molecule has 98 valence electrons. The smallest absolute Gasteiger partial charge is 0.254 e. The Labute approximate surface area is 108 Å². The molecule has 0 amide bonds. The molecule has 2 aromatic rings. The third-order valence-corrected chi connectivity index (χ3v) is 2.95. The summed E-state index contributed by atoms with van der Waals surface area (Å²) in [7, 11) is 0. The van der Waals surface area contributed by atoms with Crippen LogP contribution in [-0.4, -0.2) is 25.6 Å². The second-order valence-corrected chi connectivity index (χ2v) is 5.27. The maximum absolute atomic E-state index is 4.33. The molecule has 2 aromatic heterocycles. The van der Waals surface area contributed by atoms with Crippen LogP contribution in [0.5, 0.6) is 0 Å². The van der Waals surface area contributed by atoms with E-state index in [0.29, 0.717) is 11.8 Å². The number of aromatic nitrogens is 4. The summed E-state index contributed by atoms with van der Waals surface area (Å²) < 4.78 is 1.75. The third kappa shape index (κ3) is 2.97. The molecular weight excluding hydrogens is 226 g/mol. The van der Waals surface area contributed by atoms with Gasteiger partial charge in [0.15, 0.2) is 0 Å². The summed E-state index contributed by atoms with van der Waals surface area (Å²) in [5.74, 6) is 2.35. The Balaban J connectivity index is 2.13. The highest BCUT2D eigenvalue weighted by Gasteiger charge is 2.09. The van der Waals surface area contributed by atoms with E-state index in [1.807, 2.05) is 13.0 Å². The van der Waals surface area contributed by atoms with E-state index in [1.165, 1.54) is 12.7 Å². The minimum atomic E-state index is 0.418. The lowest BCUT2D eigenvalue weighted by molar-refractivity contribution is 0.526. The molecule has 5 heteroatoms. The van der Waals surface area contributed by atoms with Crippen molar-refractivity contribution in [3.05, 3.63) is 18.1 Å². The predicted octanol–water partition coefficient (Wildman–Crippen LogP) is 2.67. The number of anilines is 1. The van der Waals surface area contributed by atoms with Crippen LogP contribution in [0.25, 0.3) is 5.78 Å². The molecule has 0 saturated heterocycles. The van der Waals surface area contributed by atoms with Crippen molar-refractivity contribution in [3.63, 3.8) is 0 Å². The lowest BCUT2D eigenvalue weighted by Crippen LogP contribution is -2.18. The van der Waals surface area contributed by atoms with Gasteiger partial charge in [0.1, 0.15) is 12.1 Å². The Morgan fingerprint density at radius 2 is 2.06 bits per heavy atom. The fourth-order valence-electron chi connectivity index (χ4n) is 1.94. The summed E-state index contributed by atoms with van der Waals surface area (Å²) in [5, 5.41) is 7.68. The van der Waals surface area contributed by atoms with Gasteiger partial charge >= 0.3 is 0 Å². The second kappa shape index (κ2) is 5.33. The van der Waals surface area contributed by atoms with Crippen molar-refractivity contribution in [2.45, 2.75) is 46.6 Å². The van der Waals surface area contributed by atoms with Crippen LogP contribution in [0.4, 0.5) is 5.82 Å². The largest absolute Gasteiger partial charge is 0.367 e. The molecule has 0 spiro atoms. The van der Waals surface area contributed by atoms with Crippen LogP contribution < -0.4 is 5.32 Å². The fraction of sp³-hybridized carbons (Fsp3) is 0.615. The van der Waals surface area contributed by atoms with Gasteiger partial charge in [-0.05, 0) is 32.6 Å². The molecule has 0 fully saturated rings. The van der Waals surface area contributed by atoms with Crippen molar-refractivity contribution < 1.29 is 0 Å². The second-order valence-electron chi connectivity index (χ2n) is 5.27. The van der Waals surface area contributed by atoms with Gasteiger partial charge in [0.05, 0.1) is 0 Å². The van der Waals surface area contributed by atoms with Crippen molar-refractivity contribution in [3.8, 4) is 0 Å². The molecular formula is C13H21N5. The minimum Gasteiger partial charge on any atom is -0.367 e. The summed E-state index contributed by atoms with van der Waals surface area (Å²) in [6.45, 7) is 8.66. The van der Waals surface area contributed by atoms with Crippen molar-refractivity contribution in [2.75, 3.05) is 5.32 Å². The number of hydrogen-bond donors (Lipinski definition) is 1. The maximum Gasteiger partial charge on any atom is 0.254 e. The van der Waals surface area contributed by atoms with Crippen molar-refractivity contribution in [1.82, 2.24) is 19.6 Å². The van der Waals surface area contributed by atoms with Gasteiger partial charge in [-0.1, -0.05) is 13.8 Å². The molecule has 1 atom stereocenters. The van der Waals surface area contributed by atoms with Crippen LogP contribution in [0.1, 0.15) is 39.3 Å². The highest BCUT2D eigenvalue weighted by molar-refractivity contribution is 5.45. The predicted molar refractivity (Wildman–Crippen MR) is 72.7 cm³/mol. The average molecular weight is 247 g/mol. The summed E-state index contributed by atoms with van der Waals surface area (Å²) in [6.07, 6.45) is 3.90. The van der Waals surface area contributed by atoms with Gasteiger partial charge < -0.3 is 5.32 Å². The van der Waals surface area contributed by atoms with Gasteiger partial charge in [-0.15, -0.1) is 0 Å². The maximum atomic E-state index is 4.33. The molecule has 1 N–H and O–H groups in total. The first-order valence-corrected chi connectivity index (χ1v) is 6.50. The van der Waals surface area contributed by atoms with Gasteiger partial charge in [0.25, 0.3) is 5.78 Å². The van der Waals surface area contributed by atoms with Crippen molar-refractivity contribution in [1.29, 1.82) is 0 Å². The van der Waals surface area contributed by atoms with E-state index in [9.17, 15) is 0 Å². The molecule has 0 aromatic carbocycles. The first-order chi connectivity index (χ1) is 8.56. The molecule has 0 saturated carbocycles. The zero-order chi connectivity index (χ0) is 13.1. The number of nitrogens with one attached hydrogen (secondary N) is 1. The monoisotopic (exact) mass is 247 g/mol. The van der Waals surface area contributed by atoms with Gasteiger partial charge in [-0.25, -0.2) is 4.98 Å². The highest BCUT2D eigenvalue weighted by atomic mass is 15.4. The van der Waals surface area contributed by atoms with Crippen LogP contribution in [0.3, 0.4) is 0 Å². The van der Waals surface area contributed by atoms with Crippen LogP contribution in [-0.2, 0) is 0 Å². The molecule has 0 radical (unpaired) electrons. The summed E-state index contributed by atoms with van der Waals surface area (Å²) in [6, 6.07) is 2.43. The van der Waals surface area contributed by atoms with Gasteiger partial charge in [0, 0.05) is 17.8 Å². The molecule has 18 heavy (non-hydrogen) atoms. The third-order valence-electron chi connectivity index (χ3n) is 2.95. The molecule has 2 rings (SSSR count). The summed E-state index contributed by atoms with van der Waals surface area (Å²) >= 11 is 0. The molecule has 1 unspecified atom stereocenters. The molecule has 0 aliphatic heterocycles. The highest BCUT2D eigenvalue weighted by Crippen LogP contribution is 2.14. The number of fused-ring (bicyclic) bond motifs is 1. The first kappa shape index (κ1) is 12.8. The van der Waals surface area contributed by atoms with Crippen LogP contribution in [0.15, 0.2) is 12.4 Å². The van der Waals surface area contributed by atoms with Gasteiger partial charge in [-0.3, -0.25) is 0 Å². The van der Waals surface area contributed by atoms with E-state index in [0.717, 1.165) is 23.9 Å². The molecule has 0 bridgehead atoms. The first-order valence-electron chi connectivity index (χ1n) is 6.50. The number of aryl methyl sites for hydroxylation is 1. The number of nitrogens with zero attached hydrogens (tertiary/aromatic N) is 4. The quantitative estimate of drug-likeness (QED) is 0.882. The SMILES string of the molecule is Cc1cc(NC(C)CCC(C)C)n2ncnc2n1. The topological polar surface area (TPSA) is 55.1 Å².